The summed E-state index contributed by atoms with van der Waals surface area (Å²) in [5.41, 5.74) is 3.81. The Morgan fingerprint density at radius 2 is 1.95 bits per heavy atom. The average Bonchev–Trinajstić information content (AvgIpc) is 2.89. The van der Waals surface area contributed by atoms with Gasteiger partial charge >= 0.3 is 0 Å². The zero-order chi connectivity index (χ0) is 14.8. The molecule has 1 aliphatic rings. The predicted molar refractivity (Wildman–Crippen MR) is 79.7 cm³/mol. The summed E-state index contributed by atoms with van der Waals surface area (Å²) in [6.45, 7) is 1.79. The lowest BCUT2D eigenvalue weighted by Gasteiger charge is -2.16. The smallest absolute Gasteiger partial charge is 0.107 e. The molecule has 1 saturated heterocycles. The molecule has 0 spiro atoms. The van der Waals surface area contributed by atoms with E-state index in [2.05, 4.69) is 4.98 Å². The van der Waals surface area contributed by atoms with Gasteiger partial charge in [0.15, 0.2) is 0 Å². The Labute approximate surface area is 124 Å². The number of benzene rings is 1. The van der Waals surface area contributed by atoms with Crippen molar-refractivity contribution in [3.8, 4) is 11.3 Å². The monoisotopic (exact) mass is 285 g/mol. The van der Waals surface area contributed by atoms with Gasteiger partial charge in [0.25, 0.3) is 0 Å². The highest BCUT2D eigenvalue weighted by molar-refractivity contribution is 5.63. The van der Waals surface area contributed by atoms with Crippen molar-refractivity contribution < 1.29 is 14.9 Å². The van der Waals surface area contributed by atoms with Crippen LogP contribution in [0.25, 0.3) is 11.3 Å². The molecule has 0 aliphatic carbocycles. The van der Waals surface area contributed by atoms with Crippen molar-refractivity contribution in [2.24, 2.45) is 0 Å². The van der Waals surface area contributed by atoms with Gasteiger partial charge in [-0.3, -0.25) is 4.98 Å². The summed E-state index contributed by atoms with van der Waals surface area (Å²) in [5, 5.41) is 19.2. The second-order valence-electron chi connectivity index (χ2n) is 5.41. The number of aliphatic hydroxyl groups is 2. The summed E-state index contributed by atoms with van der Waals surface area (Å²) in [5.74, 6) is 0. The fourth-order valence-corrected chi connectivity index (χ4v) is 2.75. The van der Waals surface area contributed by atoms with Gasteiger partial charge in [0.1, 0.15) is 6.10 Å². The highest BCUT2D eigenvalue weighted by atomic mass is 16.5. The normalized spacial score (nSPS) is 25.2. The maximum atomic E-state index is 9.93. The van der Waals surface area contributed by atoms with Crippen molar-refractivity contribution in [3.63, 3.8) is 0 Å². The summed E-state index contributed by atoms with van der Waals surface area (Å²) in [4.78, 5) is 4.64. The number of hydrogen-bond donors (Lipinski definition) is 2. The van der Waals surface area contributed by atoms with Crippen LogP contribution >= 0.6 is 0 Å². The van der Waals surface area contributed by atoms with E-state index in [0.29, 0.717) is 6.42 Å². The van der Waals surface area contributed by atoms with Crippen LogP contribution in [-0.4, -0.2) is 34.0 Å². The van der Waals surface area contributed by atoms with Gasteiger partial charge < -0.3 is 14.9 Å². The Morgan fingerprint density at radius 1 is 1.19 bits per heavy atom. The lowest BCUT2D eigenvalue weighted by atomic mass is 9.98. The Bertz CT molecular complexity index is 615. The Morgan fingerprint density at radius 3 is 2.62 bits per heavy atom. The molecule has 2 heterocycles. The van der Waals surface area contributed by atoms with E-state index in [9.17, 15) is 10.2 Å². The number of aliphatic hydroxyl groups excluding tert-OH is 2. The summed E-state index contributed by atoms with van der Waals surface area (Å²) in [6, 6.07) is 13.9. The second-order valence-corrected chi connectivity index (χ2v) is 5.41. The fraction of sp³-hybridized carbons (Fsp3) is 0.353. The number of hydrogen-bond acceptors (Lipinski definition) is 4. The molecular weight excluding hydrogens is 266 g/mol. The molecule has 4 nitrogen and oxygen atoms in total. The van der Waals surface area contributed by atoms with Crippen molar-refractivity contribution >= 4 is 0 Å². The Kier molecular flexibility index (Phi) is 4.01. The van der Waals surface area contributed by atoms with Crippen LogP contribution in [-0.2, 0) is 4.74 Å². The molecule has 0 amide bonds. The van der Waals surface area contributed by atoms with Crippen LogP contribution in [0.3, 0.4) is 0 Å². The van der Waals surface area contributed by atoms with Crippen molar-refractivity contribution in [2.75, 3.05) is 6.61 Å². The summed E-state index contributed by atoms with van der Waals surface area (Å²) in [7, 11) is 0. The molecule has 0 radical (unpaired) electrons. The maximum absolute atomic E-state index is 9.93. The van der Waals surface area contributed by atoms with Gasteiger partial charge in [-0.15, -0.1) is 0 Å². The highest BCUT2D eigenvalue weighted by Gasteiger charge is 2.35. The molecule has 1 aliphatic heterocycles. The number of aromatic nitrogens is 1. The van der Waals surface area contributed by atoms with E-state index in [0.717, 1.165) is 22.5 Å². The standard InChI is InChI=1S/C17H19NO3/c1-11-7-8-13(15-9-14(20)16(10-19)21-15)17(18-11)12-5-3-2-4-6-12/h2-8,14-16,19-20H,9-10H2,1H3/t14-,15+,16+/m0/s1. The van der Waals surface area contributed by atoms with Crippen LogP contribution in [0.4, 0.5) is 0 Å². The van der Waals surface area contributed by atoms with Gasteiger partial charge in [-0.1, -0.05) is 36.4 Å². The van der Waals surface area contributed by atoms with E-state index < -0.39 is 12.2 Å². The van der Waals surface area contributed by atoms with E-state index in [1.54, 1.807) is 0 Å². The van der Waals surface area contributed by atoms with Crippen LogP contribution in [0.1, 0.15) is 23.8 Å². The number of nitrogens with zero attached hydrogens (tertiary/aromatic N) is 1. The molecule has 1 aromatic carbocycles. The van der Waals surface area contributed by atoms with Gasteiger partial charge in [0.05, 0.1) is 24.5 Å². The first-order valence-corrected chi connectivity index (χ1v) is 7.16. The minimum atomic E-state index is -0.634. The third kappa shape index (κ3) is 2.83. The lowest BCUT2D eigenvalue weighted by molar-refractivity contribution is -0.0224. The zero-order valence-electron chi connectivity index (χ0n) is 11.9. The van der Waals surface area contributed by atoms with E-state index in [4.69, 9.17) is 4.74 Å². The number of aryl methyl sites for hydroxylation is 1. The molecule has 21 heavy (non-hydrogen) atoms. The van der Waals surface area contributed by atoms with Crippen molar-refractivity contribution in [2.45, 2.75) is 31.7 Å². The third-order valence-electron chi connectivity index (χ3n) is 3.86. The minimum Gasteiger partial charge on any atom is -0.394 e. The largest absolute Gasteiger partial charge is 0.394 e. The van der Waals surface area contributed by atoms with Gasteiger partial charge in [0, 0.05) is 23.2 Å². The molecule has 1 fully saturated rings. The molecule has 0 unspecified atom stereocenters. The summed E-state index contributed by atoms with van der Waals surface area (Å²) < 4.78 is 5.77. The fourth-order valence-electron chi connectivity index (χ4n) is 2.75. The number of pyridine rings is 1. The van der Waals surface area contributed by atoms with Gasteiger partial charge in [0.2, 0.25) is 0 Å². The average molecular weight is 285 g/mol. The second kappa shape index (κ2) is 5.93. The molecule has 0 bridgehead atoms. The Hall–Kier alpha value is -1.75. The SMILES string of the molecule is Cc1ccc([C@H]2C[C@H](O)[C@@H](CO)O2)c(-c2ccccc2)n1. The summed E-state index contributed by atoms with van der Waals surface area (Å²) in [6.07, 6.45) is -0.902. The Balaban J connectivity index is 2.00. The predicted octanol–water partition coefficient (Wildman–Crippen LogP) is 2.24. The van der Waals surface area contributed by atoms with E-state index in [1.165, 1.54) is 0 Å². The van der Waals surface area contributed by atoms with Crippen molar-refractivity contribution in [1.29, 1.82) is 0 Å². The first-order chi connectivity index (χ1) is 10.2. The number of rotatable bonds is 3. The van der Waals surface area contributed by atoms with Gasteiger partial charge in [-0.2, -0.15) is 0 Å². The minimum absolute atomic E-state index is 0.169. The third-order valence-corrected chi connectivity index (χ3v) is 3.86. The van der Waals surface area contributed by atoms with Gasteiger partial charge in [-0.05, 0) is 13.0 Å². The molecule has 0 saturated carbocycles. The van der Waals surface area contributed by atoms with Crippen LogP contribution in [0.2, 0.25) is 0 Å². The van der Waals surface area contributed by atoms with Crippen LogP contribution in [0.15, 0.2) is 42.5 Å². The molecule has 3 rings (SSSR count). The van der Waals surface area contributed by atoms with Crippen LogP contribution in [0, 0.1) is 6.92 Å². The number of ether oxygens (including phenoxy) is 1. The molecule has 1 aromatic heterocycles. The van der Waals surface area contributed by atoms with E-state index in [1.807, 2.05) is 49.4 Å². The molecule has 3 atom stereocenters. The quantitative estimate of drug-likeness (QED) is 0.908. The first-order valence-electron chi connectivity index (χ1n) is 7.16. The van der Waals surface area contributed by atoms with E-state index >= 15 is 0 Å². The summed E-state index contributed by atoms with van der Waals surface area (Å²) >= 11 is 0. The van der Waals surface area contributed by atoms with Crippen molar-refractivity contribution in [3.05, 3.63) is 53.7 Å². The lowest BCUT2D eigenvalue weighted by Crippen LogP contribution is -2.24. The van der Waals surface area contributed by atoms with E-state index in [-0.39, 0.29) is 12.7 Å². The molecule has 2 aromatic rings. The first kappa shape index (κ1) is 14.2. The molecular formula is C17H19NO3. The highest BCUT2D eigenvalue weighted by Crippen LogP contribution is 2.37. The zero-order valence-corrected chi connectivity index (χ0v) is 11.9. The molecule has 110 valence electrons. The van der Waals surface area contributed by atoms with Crippen LogP contribution < -0.4 is 0 Å². The van der Waals surface area contributed by atoms with Crippen LogP contribution in [0.5, 0.6) is 0 Å². The molecule has 2 N–H and O–H groups in total. The van der Waals surface area contributed by atoms with Gasteiger partial charge in [-0.25, -0.2) is 0 Å². The topological polar surface area (TPSA) is 62.6 Å². The maximum Gasteiger partial charge on any atom is 0.107 e. The molecule has 4 heteroatoms. The van der Waals surface area contributed by atoms with Crippen molar-refractivity contribution in [1.82, 2.24) is 4.98 Å².